The highest BCUT2D eigenvalue weighted by Crippen LogP contribution is 2.35. The topological polar surface area (TPSA) is 42.5 Å². The number of methoxy groups -OCH3 is 2. The Hall–Kier alpha value is -1.98. The molecule has 2 N–H and O–H groups in total. The summed E-state index contributed by atoms with van der Waals surface area (Å²) in [5.41, 5.74) is 2.94. The number of hydrogen-bond donors (Lipinski definition) is 2. The molecular formula is C19H23ClN2O2S. The summed E-state index contributed by atoms with van der Waals surface area (Å²) in [4.78, 5) is 0. The third-order valence-corrected chi connectivity index (χ3v) is 4.25. The van der Waals surface area contributed by atoms with Crippen molar-refractivity contribution in [1.29, 1.82) is 0 Å². The van der Waals surface area contributed by atoms with E-state index in [9.17, 15) is 0 Å². The van der Waals surface area contributed by atoms with Crippen molar-refractivity contribution in [1.82, 2.24) is 0 Å². The van der Waals surface area contributed by atoms with Crippen molar-refractivity contribution in [2.75, 3.05) is 24.9 Å². The van der Waals surface area contributed by atoms with Crippen LogP contribution in [-0.4, -0.2) is 19.3 Å². The molecule has 2 aromatic rings. The summed E-state index contributed by atoms with van der Waals surface area (Å²) in [6.45, 7) is 2.19. The van der Waals surface area contributed by atoms with Crippen LogP contribution >= 0.6 is 23.8 Å². The predicted molar refractivity (Wildman–Crippen MR) is 109 cm³/mol. The predicted octanol–water partition coefficient (Wildman–Crippen LogP) is 5.51. The summed E-state index contributed by atoms with van der Waals surface area (Å²) in [7, 11) is 3.14. The highest BCUT2D eigenvalue weighted by atomic mass is 35.5. The number of hydrogen-bond acceptors (Lipinski definition) is 3. The summed E-state index contributed by atoms with van der Waals surface area (Å²) < 4.78 is 10.6. The first-order valence-electron chi connectivity index (χ1n) is 8.15. The van der Waals surface area contributed by atoms with Gasteiger partial charge in [0.05, 0.1) is 24.9 Å². The number of unbranched alkanes of at least 4 members (excludes halogenated alkanes) is 1. The van der Waals surface area contributed by atoms with E-state index in [1.54, 1.807) is 26.4 Å². The lowest BCUT2D eigenvalue weighted by molar-refractivity contribution is 0.405. The molecule has 134 valence electrons. The normalized spacial score (nSPS) is 10.2. The lowest BCUT2D eigenvalue weighted by Gasteiger charge is -2.15. The van der Waals surface area contributed by atoms with Gasteiger partial charge in [-0.05, 0) is 42.8 Å². The van der Waals surface area contributed by atoms with E-state index in [2.05, 4.69) is 29.7 Å². The second-order valence-electron chi connectivity index (χ2n) is 5.57. The Labute approximate surface area is 159 Å². The monoisotopic (exact) mass is 378 g/mol. The van der Waals surface area contributed by atoms with Gasteiger partial charge in [0.25, 0.3) is 0 Å². The summed E-state index contributed by atoms with van der Waals surface area (Å²) >= 11 is 11.5. The van der Waals surface area contributed by atoms with Gasteiger partial charge < -0.3 is 20.1 Å². The van der Waals surface area contributed by atoms with E-state index in [0.717, 1.165) is 12.1 Å². The number of nitrogens with one attached hydrogen (secondary N) is 2. The maximum atomic E-state index is 6.12. The Balaban J connectivity index is 2.04. The first-order chi connectivity index (χ1) is 12.1. The fourth-order valence-corrected chi connectivity index (χ4v) is 2.84. The standard InChI is InChI=1S/C19H23ClN2O2S/c1-4-5-6-13-7-9-14(10-8-13)21-19(25)22-16-12-17(23-2)15(20)11-18(16)24-3/h7-12H,4-6H2,1-3H3,(H2,21,22,25). The smallest absolute Gasteiger partial charge is 0.175 e. The molecule has 6 heteroatoms. The Morgan fingerprint density at radius 3 is 2.32 bits per heavy atom. The van der Waals surface area contributed by atoms with Gasteiger partial charge in [-0.1, -0.05) is 37.1 Å². The van der Waals surface area contributed by atoms with Gasteiger partial charge in [-0.3, -0.25) is 0 Å². The minimum atomic E-state index is 0.462. The first-order valence-corrected chi connectivity index (χ1v) is 8.94. The maximum Gasteiger partial charge on any atom is 0.175 e. The fraction of sp³-hybridized carbons (Fsp3) is 0.316. The Bertz CT molecular complexity index is 720. The zero-order valence-electron chi connectivity index (χ0n) is 14.7. The van der Waals surface area contributed by atoms with Crippen molar-refractivity contribution in [3.05, 3.63) is 47.0 Å². The van der Waals surface area contributed by atoms with Crippen LogP contribution in [0.2, 0.25) is 5.02 Å². The van der Waals surface area contributed by atoms with E-state index >= 15 is 0 Å². The summed E-state index contributed by atoms with van der Waals surface area (Å²) in [5, 5.41) is 7.23. The SMILES string of the molecule is CCCCc1ccc(NC(=S)Nc2cc(OC)c(Cl)cc2OC)cc1. The largest absolute Gasteiger partial charge is 0.495 e. The third-order valence-electron chi connectivity index (χ3n) is 3.75. The molecule has 4 nitrogen and oxygen atoms in total. The highest BCUT2D eigenvalue weighted by Gasteiger charge is 2.11. The Morgan fingerprint density at radius 2 is 1.72 bits per heavy atom. The van der Waals surface area contributed by atoms with Crippen molar-refractivity contribution in [3.8, 4) is 11.5 Å². The van der Waals surface area contributed by atoms with Gasteiger partial charge in [0.1, 0.15) is 11.5 Å². The van der Waals surface area contributed by atoms with Crippen molar-refractivity contribution in [2.24, 2.45) is 0 Å². The average Bonchev–Trinajstić information content (AvgIpc) is 2.62. The van der Waals surface area contributed by atoms with E-state index in [0.29, 0.717) is 27.3 Å². The second kappa shape index (κ2) is 9.49. The van der Waals surface area contributed by atoms with Crippen LogP contribution in [0, 0.1) is 0 Å². The molecule has 0 aliphatic heterocycles. The van der Waals surface area contributed by atoms with E-state index in [1.807, 2.05) is 12.1 Å². The van der Waals surface area contributed by atoms with E-state index in [1.165, 1.54) is 18.4 Å². The quantitative estimate of drug-likeness (QED) is 0.622. The average molecular weight is 379 g/mol. The van der Waals surface area contributed by atoms with Gasteiger partial charge in [-0.15, -0.1) is 0 Å². The third kappa shape index (κ3) is 5.51. The van der Waals surface area contributed by atoms with Crippen LogP contribution in [0.15, 0.2) is 36.4 Å². The van der Waals surface area contributed by atoms with Crippen molar-refractivity contribution >= 4 is 40.3 Å². The minimum Gasteiger partial charge on any atom is -0.495 e. The fourth-order valence-electron chi connectivity index (χ4n) is 2.38. The summed E-state index contributed by atoms with van der Waals surface area (Å²) in [6, 6.07) is 11.7. The number of thiocarbonyl (C=S) groups is 1. The van der Waals surface area contributed by atoms with Gasteiger partial charge in [0.2, 0.25) is 0 Å². The Kier molecular flexibility index (Phi) is 7.34. The van der Waals surface area contributed by atoms with Gasteiger partial charge in [-0.25, -0.2) is 0 Å². The lowest BCUT2D eigenvalue weighted by Crippen LogP contribution is -2.19. The van der Waals surface area contributed by atoms with E-state index in [-0.39, 0.29) is 0 Å². The lowest BCUT2D eigenvalue weighted by atomic mass is 10.1. The van der Waals surface area contributed by atoms with Gasteiger partial charge in [0, 0.05) is 17.8 Å². The molecule has 0 saturated heterocycles. The molecule has 0 spiro atoms. The van der Waals surface area contributed by atoms with Crippen LogP contribution < -0.4 is 20.1 Å². The summed E-state index contributed by atoms with van der Waals surface area (Å²) in [6.07, 6.45) is 3.49. The van der Waals surface area contributed by atoms with E-state index in [4.69, 9.17) is 33.3 Å². The highest BCUT2D eigenvalue weighted by molar-refractivity contribution is 7.80. The van der Waals surface area contributed by atoms with Crippen molar-refractivity contribution in [3.63, 3.8) is 0 Å². The number of aryl methyl sites for hydroxylation is 1. The number of benzene rings is 2. The first kappa shape index (κ1) is 19.3. The van der Waals surface area contributed by atoms with Gasteiger partial charge >= 0.3 is 0 Å². The molecule has 0 aromatic heterocycles. The molecule has 0 amide bonds. The minimum absolute atomic E-state index is 0.462. The van der Waals surface area contributed by atoms with Crippen LogP contribution in [0.1, 0.15) is 25.3 Å². The molecule has 0 radical (unpaired) electrons. The summed E-state index contributed by atoms with van der Waals surface area (Å²) in [5.74, 6) is 1.14. The molecule has 0 fully saturated rings. The number of anilines is 2. The zero-order chi connectivity index (χ0) is 18.2. The van der Waals surface area contributed by atoms with Crippen LogP contribution in [0.25, 0.3) is 0 Å². The van der Waals surface area contributed by atoms with Crippen molar-refractivity contribution in [2.45, 2.75) is 26.2 Å². The molecule has 0 atom stereocenters. The molecule has 25 heavy (non-hydrogen) atoms. The number of rotatable bonds is 7. The Morgan fingerprint density at radius 1 is 1.04 bits per heavy atom. The van der Waals surface area contributed by atoms with Crippen molar-refractivity contribution < 1.29 is 9.47 Å². The molecule has 0 heterocycles. The van der Waals surface area contributed by atoms with Crippen LogP contribution in [0.5, 0.6) is 11.5 Å². The van der Waals surface area contributed by atoms with Crippen LogP contribution in [-0.2, 0) is 6.42 Å². The maximum absolute atomic E-state index is 6.12. The molecule has 2 aromatic carbocycles. The molecule has 0 aliphatic carbocycles. The second-order valence-corrected chi connectivity index (χ2v) is 6.38. The van der Waals surface area contributed by atoms with Gasteiger partial charge in [-0.2, -0.15) is 0 Å². The van der Waals surface area contributed by atoms with Gasteiger partial charge in [0.15, 0.2) is 5.11 Å². The number of ether oxygens (including phenoxy) is 2. The molecular weight excluding hydrogens is 356 g/mol. The molecule has 0 saturated carbocycles. The van der Waals surface area contributed by atoms with Crippen LogP contribution in [0.3, 0.4) is 0 Å². The van der Waals surface area contributed by atoms with E-state index < -0.39 is 0 Å². The molecule has 0 unspecified atom stereocenters. The zero-order valence-corrected chi connectivity index (χ0v) is 16.3. The van der Waals surface area contributed by atoms with Crippen LogP contribution in [0.4, 0.5) is 11.4 Å². The molecule has 0 bridgehead atoms. The number of halogens is 1. The molecule has 0 aliphatic rings. The molecule has 2 rings (SSSR count).